The highest BCUT2D eigenvalue weighted by molar-refractivity contribution is 8.15. The molecule has 0 aromatic carbocycles. The SMILES string of the molecule is C1CN2CC3N=C3SC12. The normalized spacial score (nSPS) is 46.4. The Bertz CT molecular complexity index is 189. The highest BCUT2D eigenvalue weighted by Crippen LogP contribution is 2.40. The van der Waals surface area contributed by atoms with E-state index in [1.807, 2.05) is 11.8 Å². The number of thioether (sulfide) groups is 1. The van der Waals surface area contributed by atoms with Crippen molar-refractivity contribution in [2.75, 3.05) is 13.1 Å². The largest absolute Gasteiger partial charge is 0.288 e. The molecule has 2 atom stereocenters. The molecule has 0 bridgehead atoms. The Kier molecular flexibility index (Phi) is 0.711. The number of hydrogen-bond acceptors (Lipinski definition) is 3. The van der Waals surface area contributed by atoms with Gasteiger partial charge in [0.1, 0.15) is 6.04 Å². The van der Waals surface area contributed by atoms with Gasteiger partial charge in [-0.3, -0.25) is 9.89 Å². The average molecular weight is 140 g/mol. The van der Waals surface area contributed by atoms with Crippen LogP contribution in [0.4, 0.5) is 0 Å². The van der Waals surface area contributed by atoms with Crippen molar-refractivity contribution in [1.82, 2.24) is 4.90 Å². The molecule has 0 spiro atoms. The van der Waals surface area contributed by atoms with Gasteiger partial charge in [0.15, 0.2) is 0 Å². The summed E-state index contributed by atoms with van der Waals surface area (Å²) in [5.74, 6) is 0. The minimum atomic E-state index is 0.645. The van der Waals surface area contributed by atoms with E-state index in [2.05, 4.69) is 9.89 Å². The van der Waals surface area contributed by atoms with Crippen LogP contribution < -0.4 is 0 Å². The van der Waals surface area contributed by atoms with E-state index < -0.39 is 0 Å². The van der Waals surface area contributed by atoms with Crippen molar-refractivity contribution in [2.24, 2.45) is 4.99 Å². The van der Waals surface area contributed by atoms with Crippen molar-refractivity contribution in [3.63, 3.8) is 0 Å². The van der Waals surface area contributed by atoms with Crippen molar-refractivity contribution < 1.29 is 0 Å². The molecule has 0 N–H and O–H groups in total. The molecule has 0 radical (unpaired) electrons. The lowest BCUT2D eigenvalue weighted by Crippen LogP contribution is -2.50. The Balaban J connectivity index is 1.83. The lowest BCUT2D eigenvalue weighted by Gasteiger charge is -2.41. The number of rotatable bonds is 0. The number of aliphatic imine (C=N–C) groups is 1. The minimum Gasteiger partial charge on any atom is -0.288 e. The van der Waals surface area contributed by atoms with Gasteiger partial charge in [0.05, 0.1) is 10.4 Å². The van der Waals surface area contributed by atoms with E-state index in [0.717, 1.165) is 5.37 Å². The van der Waals surface area contributed by atoms with Crippen molar-refractivity contribution in [1.29, 1.82) is 0 Å². The van der Waals surface area contributed by atoms with Gasteiger partial charge < -0.3 is 0 Å². The molecule has 2 nitrogen and oxygen atoms in total. The van der Waals surface area contributed by atoms with Gasteiger partial charge in [0.2, 0.25) is 0 Å². The predicted octanol–water partition coefficient (Wildman–Crippen LogP) is 0.546. The van der Waals surface area contributed by atoms with Crippen LogP contribution in [0.5, 0.6) is 0 Å². The van der Waals surface area contributed by atoms with Crippen LogP contribution in [0.15, 0.2) is 4.99 Å². The molecular weight excluding hydrogens is 132 g/mol. The second kappa shape index (κ2) is 1.35. The van der Waals surface area contributed by atoms with Gasteiger partial charge in [-0.15, -0.1) is 0 Å². The molecule has 0 saturated carbocycles. The average Bonchev–Trinajstić information content (AvgIpc) is 2.53. The van der Waals surface area contributed by atoms with Crippen LogP contribution in [0, 0.1) is 0 Å². The van der Waals surface area contributed by atoms with Crippen LogP contribution in [0.25, 0.3) is 0 Å². The van der Waals surface area contributed by atoms with E-state index in [4.69, 9.17) is 0 Å². The summed E-state index contributed by atoms with van der Waals surface area (Å²) in [6.07, 6.45) is 1.39. The topological polar surface area (TPSA) is 15.6 Å². The fraction of sp³-hybridized carbons (Fsp3) is 0.833. The Morgan fingerprint density at radius 3 is 3.33 bits per heavy atom. The number of nitrogens with zero attached hydrogens (tertiary/aromatic N) is 2. The standard InChI is InChI=1S/C6H8N2S/c1-2-8-3-4-6(7-4)9-5(1)8/h4-5H,1-3H2. The maximum atomic E-state index is 4.33. The summed E-state index contributed by atoms with van der Waals surface area (Å²) in [6, 6.07) is 0.645. The quantitative estimate of drug-likeness (QED) is 0.488. The third-order valence-corrected chi connectivity index (χ3v) is 3.66. The molecule has 2 unspecified atom stereocenters. The zero-order valence-corrected chi connectivity index (χ0v) is 5.90. The molecule has 2 saturated heterocycles. The van der Waals surface area contributed by atoms with Gasteiger partial charge in [0, 0.05) is 13.1 Å². The van der Waals surface area contributed by atoms with Crippen LogP contribution in [0.1, 0.15) is 6.42 Å². The minimum absolute atomic E-state index is 0.645. The van der Waals surface area contributed by atoms with Gasteiger partial charge in [-0.1, -0.05) is 11.8 Å². The van der Waals surface area contributed by atoms with Crippen LogP contribution >= 0.6 is 11.8 Å². The van der Waals surface area contributed by atoms with Gasteiger partial charge in [-0.25, -0.2) is 0 Å². The van der Waals surface area contributed by atoms with Gasteiger partial charge in [-0.2, -0.15) is 0 Å². The van der Waals surface area contributed by atoms with Crippen LogP contribution in [0.2, 0.25) is 0 Å². The van der Waals surface area contributed by atoms with Crippen LogP contribution in [-0.4, -0.2) is 34.4 Å². The monoisotopic (exact) mass is 140 g/mol. The molecular formula is C6H8N2S. The Morgan fingerprint density at radius 2 is 2.67 bits per heavy atom. The van der Waals surface area contributed by atoms with E-state index >= 15 is 0 Å². The highest BCUT2D eigenvalue weighted by atomic mass is 32.2. The zero-order valence-electron chi connectivity index (χ0n) is 5.08. The molecule has 0 aliphatic carbocycles. The Morgan fingerprint density at radius 1 is 1.67 bits per heavy atom. The van der Waals surface area contributed by atoms with Gasteiger partial charge in [-0.05, 0) is 6.42 Å². The smallest absolute Gasteiger partial charge is 0.111 e. The second-order valence-corrected chi connectivity index (χ2v) is 4.04. The summed E-state index contributed by atoms with van der Waals surface area (Å²) in [5, 5.41) is 2.25. The summed E-state index contributed by atoms with van der Waals surface area (Å²) < 4.78 is 0. The first-order valence-electron chi connectivity index (χ1n) is 3.42. The summed E-state index contributed by atoms with van der Waals surface area (Å²) in [5.41, 5.74) is 0. The van der Waals surface area contributed by atoms with E-state index in [9.17, 15) is 0 Å². The molecule has 0 aromatic heterocycles. The molecule has 0 amide bonds. The Hall–Kier alpha value is -0.0200. The first-order chi connectivity index (χ1) is 4.43. The summed E-state index contributed by atoms with van der Waals surface area (Å²) in [7, 11) is 0. The maximum absolute atomic E-state index is 4.33. The molecule has 3 heterocycles. The Labute approximate surface area is 58.3 Å². The fourth-order valence-electron chi connectivity index (χ4n) is 1.47. The van der Waals surface area contributed by atoms with E-state index in [1.54, 1.807) is 0 Å². The molecule has 2 fully saturated rings. The summed E-state index contributed by atoms with van der Waals surface area (Å²) in [6.45, 7) is 2.55. The molecule has 0 aromatic rings. The molecule has 3 aliphatic rings. The lowest BCUT2D eigenvalue weighted by atomic mass is 10.2. The van der Waals surface area contributed by atoms with E-state index in [-0.39, 0.29) is 0 Å². The molecule has 3 rings (SSSR count). The first-order valence-corrected chi connectivity index (χ1v) is 4.30. The third-order valence-electron chi connectivity index (χ3n) is 2.24. The van der Waals surface area contributed by atoms with Gasteiger partial charge >= 0.3 is 0 Å². The lowest BCUT2D eigenvalue weighted by molar-refractivity contribution is 0.156. The van der Waals surface area contributed by atoms with Crippen LogP contribution in [-0.2, 0) is 0 Å². The van der Waals surface area contributed by atoms with Gasteiger partial charge in [0.25, 0.3) is 0 Å². The predicted molar refractivity (Wildman–Crippen MR) is 38.8 cm³/mol. The molecule has 3 heteroatoms. The summed E-state index contributed by atoms with van der Waals surface area (Å²) in [4.78, 5) is 6.86. The van der Waals surface area contributed by atoms with Crippen LogP contribution in [0.3, 0.4) is 0 Å². The first kappa shape index (κ1) is 4.74. The molecule has 9 heavy (non-hydrogen) atoms. The van der Waals surface area contributed by atoms with E-state index in [1.165, 1.54) is 24.6 Å². The number of hydrogen-bond donors (Lipinski definition) is 0. The maximum Gasteiger partial charge on any atom is 0.111 e. The van der Waals surface area contributed by atoms with Crippen molar-refractivity contribution in [3.8, 4) is 0 Å². The van der Waals surface area contributed by atoms with Crippen molar-refractivity contribution in [2.45, 2.75) is 17.8 Å². The second-order valence-electron chi connectivity index (χ2n) is 2.84. The zero-order chi connectivity index (χ0) is 5.84. The number of fused-ring (bicyclic) bond motifs is 2. The van der Waals surface area contributed by atoms with Crippen molar-refractivity contribution >= 4 is 16.8 Å². The molecule has 3 aliphatic heterocycles. The summed E-state index contributed by atoms with van der Waals surface area (Å²) >= 11 is 1.99. The van der Waals surface area contributed by atoms with Crippen molar-refractivity contribution in [3.05, 3.63) is 0 Å². The molecule has 48 valence electrons. The fourth-order valence-corrected chi connectivity index (χ4v) is 2.73. The highest BCUT2D eigenvalue weighted by Gasteiger charge is 2.44. The van der Waals surface area contributed by atoms with E-state index in [0.29, 0.717) is 6.04 Å². The third kappa shape index (κ3) is 0.540.